The monoisotopic (exact) mass is 419 g/mol. The van der Waals surface area contributed by atoms with Crippen LogP contribution < -0.4 is 0 Å². The van der Waals surface area contributed by atoms with Crippen molar-refractivity contribution in [3.05, 3.63) is 71.5 Å². The van der Waals surface area contributed by atoms with Gasteiger partial charge in [-0.2, -0.15) is 5.10 Å². The van der Waals surface area contributed by atoms with Gasteiger partial charge in [-0.15, -0.1) is 11.3 Å². The molecule has 1 saturated heterocycles. The van der Waals surface area contributed by atoms with Gasteiger partial charge < -0.3 is 10.0 Å². The van der Waals surface area contributed by atoms with E-state index in [4.69, 9.17) is 4.98 Å². The Hall–Kier alpha value is -3.23. The second-order valence-corrected chi connectivity index (χ2v) is 8.40. The van der Waals surface area contributed by atoms with E-state index in [2.05, 4.69) is 16.1 Å². The lowest BCUT2D eigenvalue weighted by atomic mass is 10.2. The number of fused-ring (bicyclic) bond motifs is 1. The summed E-state index contributed by atoms with van der Waals surface area (Å²) in [5.41, 5.74) is 1.93. The first kappa shape index (κ1) is 18.8. The number of aromatic hydroxyl groups is 1. The molecule has 0 unspecified atom stereocenters. The third kappa shape index (κ3) is 3.67. The van der Waals surface area contributed by atoms with Crippen molar-refractivity contribution >= 4 is 27.5 Å². The summed E-state index contributed by atoms with van der Waals surface area (Å²) in [6.45, 7) is 3.52. The van der Waals surface area contributed by atoms with E-state index in [0.29, 0.717) is 13.1 Å². The third-order valence-electron chi connectivity index (χ3n) is 5.27. The molecule has 5 rings (SSSR count). The number of carbonyl (C=O) groups is 1. The summed E-state index contributed by atoms with van der Waals surface area (Å²) in [5.74, 6) is -0.331. The SMILES string of the molecule is O=C(c1nn(-c2ccccc2)cc1O)N1CCN(Cc2nc3ccccc3s2)CC1. The Labute approximate surface area is 177 Å². The van der Waals surface area contributed by atoms with Gasteiger partial charge in [0.05, 0.1) is 28.6 Å². The smallest absolute Gasteiger partial charge is 0.278 e. The van der Waals surface area contributed by atoms with Gasteiger partial charge in [-0.3, -0.25) is 9.69 Å². The fourth-order valence-electron chi connectivity index (χ4n) is 3.67. The predicted octanol–water partition coefficient (Wildman–Crippen LogP) is 3.15. The van der Waals surface area contributed by atoms with Crippen molar-refractivity contribution in [1.29, 1.82) is 0 Å². The summed E-state index contributed by atoms with van der Waals surface area (Å²) in [6, 6.07) is 17.6. The van der Waals surface area contributed by atoms with E-state index in [1.165, 1.54) is 15.6 Å². The van der Waals surface area contributed by atoms with Crippen molar-refractivity contribution in [2.75, 3.05) is 26.2 Å². The maximum absolute atomic E-state index is 12.9. The van der Waals surface area contributed by atoms with Crippen molar-refractivity contribution in [3.63, 3.8) is 0 Å². The molecule has 1 N–H and O–H groups in total. The Bertz CT molecular complexity index is 1150. The van der Waals surface area contributed by atoms with Gasteiger partial charge in [0.2, 0.25) is 0 Å². The third-order valence-corrected chi connectivity index (χ3v) is 6.30. The summed E-state index contributed by atoms with van der Waals surface area (Å²) < 4.78 is 2.73. The number of para-hydroxylation sites is 2. The Morgan fingerprint density at radius 3 is 2.50 bits per heavy atom. The molecule has 152 valence electrons. The molecule has 1 amide bonds. The van der Waals surface area contributed by atoms with Gasteiger partial charge in [-0.05, 0) is 24.3 Å². The summed E-state index contributed by atoms with van der Waals surface area (Å²) >= 11 is 1.72. The summed E-state index contributed by atoms with van der Waals surface area (Å²) in [5, 5.41) is 15.7. The van der Waals surface area contributed by atoms with Crippen LogP contribution in [0, 0.1) is 0 Å². The van der Waals surface area contributed by atoms with E-state index in [1.807, 2.05) is 48.5 Å². The van der Waals surface area contributed by atoms with Gasteiger partial charge in [0.15, 0.2) is 11.4 Å². The molecule has 3 heterocycles. The van der Waals surface area contributed by atoms with Crippen LogP contribution in [0.2, 0.25) is 0 Å². The molecule has 0 bridgehead atoms. The number of carbonyl (C=O) groups excluding carboxylic acids is 1. The zero-order valence-electron chi connectivity index (χ0n) is 16.3. The molecule has 0 saturated carbocycles. The fraction of sp³-hybridized carbons (Fsp3) is 0.227. The van der Waals surface area contributed by atoms with Crippen LogP contribution in [0.25, 0.3) is 15.9 Å². The van der Waals surface area contributed by atoms with Gasteiger partial charge in [0, 0.05) is 26.2 Å². The maximum atomic E-state index is 12.9. The zero-order chi connectivity index (χ0) is 20.5. The molecule has 1 aliphatic rings. The molecule has 2 aromatic carbocycles. The highest BCUT2D eigenvalue weighted by molar-refractivity contribution is 7.18. The second kappa shape index (κ2) is 7.89. The Balaban J connectivity index is 1.23. The standard InChI is InChI=1S/C22H21N5O2S/c28-18-14-27(16-6-2-1-3-7-16)24-21(18)22(29)26-12-10-25(11-13-26)15-20-23-17-8-4-5-9-19(17)30-20/h1-9,14,28H,10-13,15H2. The number of thiazole rings is 1. The highest BCUT2D eigenvalue weighted by Crippen LogP contribution is 2.24. The molecule has 30 heavy (non-hydrogen) atoms. The summed E-state index contributed by atoms with van der Waals surface area (Å²) in [4.78, 5) is 21.7. The Morgan fingerprint density at radius 1 is 1.00 bits per heavy atom. The van der Waals surface area contributed by atoms with Crippen LogP contribution in [-0.4, -0.2) is 61.8 Å². The normalized spacial score (nSPS) is 15.0. The first-order chi connectivity index (χ1) is 14.7. The number of rotatable bonds is 4. The van der Waals surface area contributed by atoms with E-state index in [0.717, 1.165) is 35.8 Å². The molecule has 0 atom stereocenters. The van der Waals surface area contributed by atoms with Crippen molar-refractivity contribution in [3.8, 4) is 11.4 Å². The minimum absolute atomic E-state index is 0.0958. The molecule has 0 spiro atoms. The van der Waals surface area contributed by atoms with Crippen molar-refractivity contribution in [2.24, 2.45) is 0 Å². The van der Waals surface area contributed by atoms with E-state index in [1.54, 1.807) is 16.2 Å². The Kier molecular flexibility index (Phi) is 4.94. The van der Waals surface area contributed by atoms with Gasteiger partial charge >= 0.3 is 0 Å². The van der Waals surface area contributed by atoms with Crippen LogP contribution in [0.15, 0.2) is 60.8 Å². The molecule has 1 fully saturated rings. The summed E-state index contributed by atoms with van der Waals surface area (Å²) in [6.07, 6.45) is 1.48. The maximum Gasteiger partial charge on any atom is 0.278 e. The molecular weight excluding hydrogens is 398 g/mol. The lowest BCUT2D eigenvalue weighted by Crippen LogP contribution is -2.48. The second-order valence-electron chi connectivity index (χ2n) is 7.29. The summed E-state index contributed by atoms with van der Waals surface area (Å²) in [7, 11) is 0. The average Bonchev–Trinajstić information content (AvgIpc) is 3.37. The number of hydrogen-bond donors (Lipinski definition) is 1. The first-order valence-corrected chi connectivity index (χ1v) is 10.7. The van der Waals surface area contributed by atoms with Crippen LogP contribution in [0.4, 0.5) is 0 Å². The number of hydrogen-bond acceptors (Lipinski definition) is 6. The highest BCUT2D eigenvalue weighted by Gasteiger charge is 2.27. The van der Waals surface area contributed by atoms with E-state index in [9.17, 15) is 9.90 Å². The molecular formula is C22H21N5O2S. The van der Waals surface area contributed by atoms with E-state index in [-0.39, 0.29) is 17.4 Å². The molecule has 8 heteroatoms. The zero-order valence-corrected chi connectivity index (χ0v) is 17.1. The molecule has 2 aromatic heterocycles. The average molecular weight is 420 g/mol. The molecule has 4 aromatic rings. The van der Waals surface area contributed by atoms with Crippen LogP contribution in [0.1, 0.15) is 15.5 Å². The number of benzene rings is 2. The van der Waals surface area contributed by atoms with E-state index >= 15 is 0 Å². The topological polar surface area (TPSA) is 74.5 Å². The predicted molar refractivity (Wildman–Crippen MR) is 116 cm³/mol. The molecule has 0 radical (unpaired) electrons. The van der Waals surface area contributed by atoms with Crippen molar-refractivity contribution < 1.29 is 9.90 Å². The number of nitrogens with zero attached hydrogens (tertiary/aromatic N) is 5. The fourth-order valence-corrected chi connectivity index (χ4v) is 4.68. The van der Waals surface area contributed by atoms with Crippen LogP contribution in [-0.2, 0) is 6.54 Å². The van der Waals surface area contributed by atoms with Crippen LogP contribution in [0.5, 0.6) is 5.75 Å². The molecule has 1 aliphatic heterocycles. The van der Waals surface area contributed by atoms with Crippen LogP contribution in [0.3, 0.4) is 0 Å². The molecule has 7 nitrogen and oxygen atoms in total. The lowest BCUT2D eigenvalue weighted by molar-refractivity contribution is 0.0619. The van der Waals surface area contributed by atoms with Gasteiger partial charge in [-0.1, -0.05) is 30.3 Å². The number of amides is 1. The first-order valence-electron chi connectivity index (χ1n) is 9.87. The highest BCUT2D eigenvalue weighted by atomic mass is 32.1. The quantitative estimate of drug-likeness (QED) is 0.550. The van der Waals surface area contributed by atoms with Crippen molar-refractivity contribution in [2.45, 2.75) is 6.54 Å². The lowest BCUT2D eigenvalue weighted by Gasteiger charge is -2.33. The van der Waals surface area contributed by atoms with Crippen molar-refractivity contribution in [1.82, 2.24) is 24.6 Å². The van der Waals surface area contributed by atoms with Gasteiger partial charge in [0.1, 0.15) is 5.01 Å². The van der Waals surface area contributed by atoms with Gasteiger partial charge in [0.25, 0.3) is 5.91 Å². The number of piperazine rings is 1. The minimum Gasteiger partial charge on any atom is -0.504 e. The van der Waals surface area contributed by atoms with Crippen LogP contribution >= 0.6 is 11.3 Å². The largest absolute Gasteiger partial charge is 0.504 e. The van der Waals surface area contributed by atoms with E-state index < -0.39 is 0 Å². The minimum atomic E-state index is -0.234. The van der Waals surface area contributed by atoms with Gasteiger partial charge in [-0.25, -0.2) is 9.67 Å². The number of aromatic nitrogens is 3. The Morgan fingerprint density at radius 2 is 1.73 bits per heavy atom. The molecule has 0 aliphatic carbocycles.